The predicted molar refractivity (Wildman–Crippen MR) is 36.1 cm³/mol. The zero-order valence-corrected chi connectivity index (χ0v) is 6.06. The van der Waals surface area contributed by atoms with E-state index in [-0.39, 0.29) is 5.82 Å². The second-order valence-corrected chi connectivity index (χ2v) is 2.07. The lowest BCUT2D eigenvalue weighted by Gasteiger charge is -1.97. The fraction of sp³-hybridized carbons (Fsp3) is 0.429. The molecule has 0 aliphatic rings. The fourth-order valence-electron chi connectivity index (χ4n) is 0.750. The second-order valence-electron chi connectivity index (χ2n) is 2.07. The largest absolute Gasteiger partial charge is 0.239 e. The summed E-state index contributed by atoms with van der Waals surface area (Å²) < 4.78 is 12.6. The van der Waals surface area contributed by atoms with E-state index in [9.17, 15) is 4.39 Å². The van der Waals surface area contributed by atoms with Gasteiger partial charge in [-0.1, -0.05) is 6.92 Å². The third-order valence-electron chi connectivity index (χ3n) is 1.27. The SMILES string of the molecule is CCc1nc(C)ncc1F. The molecule has 0 fully saturated rings. The topological polar surface area (TPSA) is 25.8 Å². The lowest BCUT2D eigenvalue weighted by atomic mass is 10.3. The standard InChI is InChI=1S/C7H9FN2/c1-3-7-6(8)4-9-5(2)10-7/h4H,3H2,1-2H3. The van der Waals surface area contributed by atoms with E-state index < -0.39 is 0 Å². The van der Waals surface area contributed by atoms with Crippen molar-refractivity contribution < 1.29 is 4.39 Å². The van der Waals surface area contributed by atoms with Crippen LogP contribution in [0, 0.1) is 12.7 Å². The van der Waals surface area contributed by atoms with Crippen molar-refractivity contribution in [2.24, 2.45) is 0 Å². The number of aromatic nitrogens is 2. The van der Waals surface area contributed by atoms with Gasteiger partial charge in [0, 0.05) is 0 Å². The van der Waals surface area contributed by atoms with E-state index in [1.165, 1.54) is 6.20 Å². The van der Waals surface area contributed by atoms with Crippen molar-refractivity contribution in [1.29, 1.82) is 0 Å². The Morgan fingerprint density at radius 3 is 2.80 bits per heavy atom. The third-order valence-corrected chi connectivity index (χ3v) is 1.27. The van der Waals surface area contributed by atoms with E-state index >= 15 is 0 Å². The van der Waals surface area contributed by atoms with Gasteiger partial charge in [-0.3, -0.25) is 0 Å². The molecule has 0 amide bonds. The van der Waals surface area contributed by atoms with Crippen LogP contribution in [0.25, 0.3) is 0 Å². The first-order chi connectivity index (χ1) is 4.74. The monoisotopic (exact) mass is 140 g/mol. The summed E-state index contributed by atoms with van der Waals surface area (Å²) in [6.07, 6.45) is 1.83. The number of nitrogens with zero attached hydrogens (tertiary/aromatic N) is 2. The van der Waals surface area contributed by atoms with Crippen molar-refractivity contribution in [3.05, 3.63) is 23.5 Å². The van der Waals surface area contributed by atoms with E-state index in [1.54, 1.807) is 6.92 Å². The summed E-state index contributed by atoms with van der Waals surface area (Å²) >= 11 is 0. The van der Waals surface area contributed by atoms with E-state index in [0.717, 1.165) is 0 Å². The molecule has 0 aliphatic carbocycles. The molecule has 1 rings (SSSR count). The molecule has 0 bridgehead atoms. The maximum Gasteiger partial charge on any atom is 0.162 e. The maximum atomic E-state index is 12.6. The molecule has 2 nitrogen and oxygen atoms in total. The highest BCUT2D eigenvalue weighted by Gasteiger charge is 2.00. The minimum atomic E-state index is -0.312. The van der Waals surface area contributed by atoms with Crippen LogP contribution in [-0.4, -0.2) is 9.97 Å². The smallest absolute Gasteiger partial charge is 0.162 e. The van der Waals surface area contributed by atoms with E-state index in [0.29, 0.717) is 17.9 Å². The summed E-state index contributed by atoms with van der Waals surface area (Å²) in [6, 6.07) is 0. The van der Waals surface area contributed by atoms with Crippen LogP contribution in [0.3, 0.4) is 0 Å². The normalized spacial score (nSPS) is 9.90. The molecule has 0 saturated carbocycles. The van der Waals surface area contributed by atoms with Gasteiger partial charge in [0.15, 0.2) is 5.82 Å². The molecule has 3 heteroatoms. The third kappa shape index (κ3) is 1.29. The van der Waals surface area contributed by atoms with E-state index in [2.05, 4.69) is 9.97 Å². The fourth-order valence-corrected chi connectivity index (χ4v) is 0.750. The van der Waals surface area contributed by atoms with Crippen LogP contribution >= 0.6 is 0 Å². The zero-order chi connectivity index (χ0) is 7.56. The molecular weight excluding hydrogens is 131 g/mol. The molecule has 0 atom stereocenters. The molecule has 0 aromatic carbocycles. The molecule has 0 N–H and O–H groups in total. The van der Waals surface area contributed by atoms with Gasteiger partial charge in [0.2, 0.25) is 0 Å². The molecule has 0 radical (unpaired) electrons. The Labute approximate surface area is 59.1 Å². The summed E-state index contributed by atoms with van der Waals surface area (Å²) in [7, 11) is 0. The number of rotatable bonds is 1. The molecule has 10 heavy (non-hydrogen) atoms. The van der Waals surface area contributed by atoms with Gasteiger partial charge in [-0.2, -0.15) is 0 Å². The van der Waals surface area contributed by atoms with Crippen LogP contribution in [0.1, 0.15) is 18.4 Å². The number of halogens is 1. The highest BCUT2D eigenvalue weighted by Crippen LogP contribution is 2.02. The Balaban J connectivity index is 3.09. The lowest BCUT2D eigenvalue weighted by molar-refractivity contribution is 0.590. The van der Waals surface area contributed by atoms with Crippen LogP contribution in [0.4, 0.5) is 4.39 Å². The van der Waals surface area contributed by atoms with Gasteiger partial charge >= 0.3 is 0 Å². The lowest BCUT2D eigenvalue weighted by Crippen LogP contribution is -1.97. The van der Waals surface area contributed by atoms with Crippen molar-refractivity contribution in [3.8, 4) is 0 Å². The number of aryl methyl sites for hydroxylation is 2. The summed E-state index contributed by atoms with van der Waals surface area (Å²) in [4.78, 5) is 7.61. The number of hydrogen-bond acceptors (Lipinski definition) is 2. The molecule has 0 saturated heterocycles. The molecule has 0 unspecified atom stereocenters. The van der Waals surface area contributed by atoms with Crippen molar-refractivity contribution in [1.82, 2.24) is 9.97 Å². The summed E-state index contributed by atoms with van der Waals surface area (Å²) in [5.41, 5.74) is 0.493. The Morgan fingerprint density at radius 2 is 2.30 bits per heavy atom. The van der Waals surface area contributed by atoms with E-state index in [1.807, 2.05) is 6.92 Å². The summed E-state index contributed by atoms with van der Waals surface area (Å²) in [6.45, 7) is 3.61. The minimum Gasteiger partial charge on any atom is -0.239 e. The average molecular weight is 140 g/mol. The van der Waals surface area contributed by atoms with Crippen LogP contribution in [0.5, 0.6) is 0 Å². The second kappa shape index (κ2) is 2.73. The molecule has 1 heterocycles. The molecule has 0 spiro atoms. The molecule has 1 aromatic heterocycles. The first-order valence-electron chi connectivity index (χ1n) is 3.22. The zero-order valence-electron chi connectivity index (χ0n) is 6.06. The van der Waals surface area contributed by atoms with Crippen LogP contribution < -0.4 is 0 Å². The van der Waals surface area contributed by atoms with E-state index in [4.69, 9.17) is 0 Å². The Morgan fingerprint density at radius 1 is 1.60 bits per heavy atom. The van der Waals surface area contributed by atoms with Gasteiger partial charge < -0.3 is 0 Å². The Hall–Kier alpha value is -0.990. The van der Waals surface area contributed by atoms with Crippen molar-refractivity contribution in [3.63, 3.8) is 0 Å². The van der Waals surface area contributed by atoms with Gasteiger partial charge in [-0.05, 0) is 13.3 Å². The van der Waals surface area contributed by atoms with Gasteiger partial charge in [0.05, 0.1) is 11.9 Å². The average Bonchev–Trinajstić information content (AvgIpc) is 1.94. The molecular formula is C7H9FN2. The molecule has 1 aromatic rings. The number of hydrogen-bond donors (Lipinski definition) is 0. The van der Waals surface area contributed by atoms with Gasteiger partial charge in [-0.15, -0.1) is 0 Å². The van der Waals surface area contributed by atoms with Crippen molar-refractivity contribution in [2.45, 2.75) is 20.3 Å². The van der Waals surface area contributed by atoms with Gasteiger partial charge in [0.1, 0.15) is 5.82 Å². The summed E-state index contributed by atoms with van der Waals surface area (Å²) in [5.74, 6) is 0.311. The van der Waals surface area contributed by atoms with Crippen LogP contribution in [0.15, 0.2) is 6.20 Å². The quantitative estimate of drug-likeness (QED) is 0.590. The van der Waals surface area contributed by atoms with Crippen molar-refractivity contribution in [2.75, 3.05) is 0 Å². The first kappa shape index (κ1) is 7.12. The predicted octanol–water partition coefficient (Wildman–Crippen LogP) is 1.49. The Bertz CT molecular complexity index is 235. The van der Waals surface area contributed by atoms with Gasteiger partial charge in [-0.25, -0.2) is 14.4 Å². The minimum absolute atomic E-state index is 0.312. The van der Waals surface area contributed by atoms with Gasteiger partial charge in [0.25, 0.3) is 0 Å². The van der Waals surface area contributed by atoms with Crippen LogP contribution in [0.2, 0.25) is 0 Å². The Kier molecular flexibility index (Phi) is 1.94. The molecule has 0 aliphatic heterocycles. The van der Waals surface area contributed by atoms with Crippen LogP contribution in [-0.2, 0) is 6.42 Å². The maximum absolute atomic E-state index is 12.6. The summed E-state index contributed by atoms with van der Waals surface area (Å²) in [5, 5.41) is 0. The van der Waals surface area contributed by atoms with Crippen molar-refractivity contribution >= 4 is 0 Å². The molecule has 54 valence electrons. The highest BCUT2D eigenvalue weighted by atomic mass is 19.1. The highest BCUT2D eigenvalue weighted by molar-refractivity contribution is 5.04. The first-order valence-corrected chi connectivity index (χ1v) is 3.22.